The monoisotopic (exact) mass is 432 g/mol. The van der Waals surface area contributed by atoms with Crippen LogP contribution in [0.15, 0.2) is 12.1 Å². The molecule has 31 heavy (non-hydrogen) atoms. The molecule has 1 amide bonds. The van der Waals surface area contributed by atoms with Crippen molar-refractivity contribution in [3.8, 4) is 5.75 Å². The van der Waals surface area contributed by atoms with E-state index in [0.717, 1.165) is 12.0 Å². The van der Waals surface area contributed by atoms with Crippen LogP contribution in [0.4, 0.5) is 4.79 Å². The van der Waals surface area contributed by atoms with E-state index in [-0.39, 0.29) is 23.8 Å². The van der Waals surface area contributed by atoms with E-state index in [1.165, 1.54) is 7.11 Å². The van der Waals surface area contributed by atoms with Crippen molar-refractivity contribution in [3.63, 3.8) is 0 Å². The number of nitrogens with two attached hydrogens (primary N) is 1. The largest absolute Gasteiger partial charge is 0.493 e. The summed E-state index contributed by atoms with van der Waals surface area (Å²) in [5, 5.41) is 17.2. The van der Waals surface area contributed by atoms with Crippen LogP contribution in [0.3, 0.4) is 0 Å². The molecule has 0 bridgehead atoms. The normalized spacial score (nSPS) is 19.7. The first-order chi connectivity index (χ1) is 14.6. The Hall–Kier alpha value is -3.10. The molecule has 1 saturated carbocycles. The van der Waals surface area contributed by atoms with E-state index in [9.17, 15) is 9.59 Å². The zero-order valence-corrected chi connectivity index (χ0v) is 18.4. The Morgan fingerprint density at radius 1 is 1.26 bits per heavy atom. The van der Waals surface area contributed by atoms with Gasteiger partial charge in [-0.2, -0.15) is 0 Å². The predicted molar refractivity (Wildman–Crippen MR) is 112 cm³/mol. The molecule has 1 aromatic carbocycles. The van der Waals surface area contributed by atoms with Gasteiger partial charge in [-0.3, -0.25) is 5.41 Å². The zero-order chi connectivity index (χ0) is 22.8. The number of esters is 1. The summed E-state index contributed by atoms with van der Waals surface area (Å²) in [6, 6.07) is 3.20. The van der Waals surface area contributed by atoms with Crippen molar-refractivity contribution in [1.29, 1.82) is 5.41 Å². The summed E-state index contributed by atoms with van der Waals surface area (Å²) >= 11 is 0. The molecule has 9 heteroatoms. The average molecular weight is 432 g/mol. The van der Waals surface area contributed by atoms with Gasteiger partial charge in [-0.25, -0.2) is 15.0 Å². The van der Waals surface area contributed by atoms with Crippen LogP contribution in [0.25, 0.3) is 0 Å². The fourth-order valence-corrected chi connectivity index (χ4v) is 3.59. The van der Waals surface area contributed by atoms with Crippen LogP contribution < -0.4 is 15.5 Å². The SMILES string of the molecule is COC(=O)c1cc(C(=N)OC(=[NH2+])C2CC(NC(=O)OC(C)(C)C)C2)cc2c1CCCO2. The summed E-state index contributed by atoms with van der Waals surface area (Å²) in [5.41, 5.74) is 0.971. The van der Waals surface area contributed by atoms with Crippen molar-refractivity contribution >= 4 is 23.9 Å². The molecule has 3 rings (SSSR count). The Kier molecular flexibility index (Phi) is 6.52. The van der Waals surface area contributed by atoms with Gasteiger partial charge in [0.25, 0.3) is 0 Å². The Morgan fingerprint density at radius 3 is 2.61 bits per heavy atom. The maximum Gasteiger partial charge on any atom is 0.407 e. The molecule has 1 heterocycles. The molecule has 4 N–H and O–H groups in total. The highest BCUT2D eigenvalue weighted by Crippen LogP contribution is 2.32. The maximum atomic E-state index is 12.2. The maximum absolute atomic E-state index is 12.2. The summed E-state index contributed by atoms with van der Waals surface area (Å²) < 4.78 is 21.3. The van der Waals surface area contributed by atoms with Crippen LogP contribution in [0.1, 0.15) is 61.5 Å². The van der Waals surface area contributed by atoms with E-state index in [0.29, 0.717) is 42.7 Å². The lowest BCUT2D eigenvalue weighted by atomic mass is 9.80. The molecule has 0 unspecified atom stereocenters. The van der Waals surface area contributed by atoms with Crippen molar-refractivity contribution in [3.05, 3.63) is 28.8 Å². The second-order valence-electron chi connectivity index (χ2n) is 8.79. The third kappa shape index (κ3) is 5.53. The van der Waals surface area contributed by atoms with Crippen molar-refractivity contribution in [2.45, 2.75) is 58.1 Å². The smallest absolute Gasteiger partial charge is 0.407 e. The van der Waals surface area contributed by atoms with Crippen LogP contribution in [0, 0.1) is 11.3 Å². The number of fused-ring (bicyclic) bond motifs is 1. The van der Waals surface area contributed by atoms with Crippen LogP contribution in [0.5, 0.6) is 5.75 Å². The molecule has 0 atom stereocenters. The van der Waals surface area contributed by atoms with Gasteiger partial charge in [0.2, 0.25) is 5.90 Å². The highest BCUT2D eigenvalue weighted by molar-refractivity contribution is 6.02. The number of carbonyl (C=O) groups is 2. The van der Waals surface area contributed by atoms with E-state index in [2.05, 4.69) is 5.32 Å². The van der Waals surface area contributed by atoms with Crippen molar-refractivity contribution in [2.24, 2.45) is 5.92 Å². The van der Waals surface area contributed by atoms with Crippen LogP contribution in [0.2, 0.25) is 0 Å². The van der Waals surface area contributed by atoms with Crippen LogP contribution >= 0.6 is 0 Å². The molecule has 9 nitrogen and oxygen atoms in total. The molecule has 0 aromatic heterocycles. The van der Waals surface area contributed by atoms with E-state index in [1.807, 2.05) is 0 Å². The Labute approximate surface area is 181 Å². The van der Waals surface area contributed by atoms with Gasteiger partial charge in [-0.05, 0) is 58.6 Å². The standard InChI is InChI=1S/C22H29N3O6/c1-22(2,3)31-21(27)25-14-8-12(9-14)18(23)30-19(24)13-10-16(20(26)28-4)15-6-5-7-29-17(15)11-13/h10-12,14,23-24H,5-9H2,1-4H3,(H,25,27)/p+1. The zero-order valence-electron chi connectivity index (χ0n) is 18.4. The van der Waals surface area contributed by atoms with Gasteiger partial charge in [0, 0.05) is 17.2 Å². The molecule has 0 radical (unpaired) electrons. The number of hydrogen-bond donors (Lipinski definition) is 3. The van der Waals surface area contributed by atoms with E-state index in [1.54, 1.807) is 32.9 Å². The summed E-state index contributed by atoms with van der Waals surface area (Å²) in [4.78, 5) is 24.0. The summed E-state index contributed by atoms with van der Waals surface area (Å²) in [7, 11) is 1.32. The fourth-order valence-electron chi connectivity index (χ4n) is 3.59. The van der Waals surface area contributed by atoms with Gasteiger partial charge in [0.1, 0.15) is 11.4 Å². The van der Waals surface area contributed by atoms with Gasteiger partial charge in [-0.15, -0.1) is 0 Å². The molecular weight excluding hydrogens is 402 g/mol. The van der Waals surface area contributed by atoms with Crippen LogP contribution in [-0.4, -0.2) is 49.2 Å². The molecule has 1 fully saturated rings. The first kappa shape index (κ1) is 22.6. The van der Waals surface area contributed by atoms with E-state index >= 15 is 0 Å². The lowest BCUT2D eigenvalue weighted by Crippen LogP contribution is -2.55. The minimum atomic E-state index is -0.557. The third-order valence-corrected chi connectivity index (χ3v) is 5.19. The van der Waals surface area contributed by atoms with Gasteiger partial charge in [0.05, 0.1) is 25.2 Å². The predicted octanol–water partition coefficient (Wildman–Crippen LogP) is 1.60. The number of alkyl carbamates (subject to hydrolysis) is 1. The molecule has 168 valence electrons. The van der Waals surface area contributed by atoms with Crippen molar-refractivity contribution < 1.29 is 33.9 Å². The molecule has 1 aromatic rings. The molecule has 0 spiro atoms. The van der Waals surface area contributed by atoms with Crippen molar-refractivity contribution in [2.75, 3.05) is 13.7 Å². The summed E-state index contributed by atoms with van der Waals surface area (Å²) in [6.07, 6.45) is 2.24. The topological polar surface area (TPSA) is 133 Å². The number of rotatable bonds is 4. The number of methoxy groups -OCH3 is 1. The van der Waals surface area contributed by atoms with E-state index < -0.39 is 17.7 Å². The molecule has 1 aliphatic heterocycles. The summed E-state index contributed by atoms with van der Waals surface area (Å²) in [5.74, 6) is 0.00709. The fraction of sp³-hybridized carbons (Fsp3) is 0.545. The Balaban J connectivity index is 1.59. The third-order valence-electron chi connectivity index (χ3n) is 5.19. The minimum absolute atomic E-state index is 0.0562. The quantitative estimate of drug-likeness (QED) is 0.376. The van der Waals surface area contributed by atoms with Gasteiger partial charge < -0.3 is 24.3 Å². The highest BCUT2D eigenvalue weighted by atomic mass is 16.6. The Bertz CT molecular complexity index is 899. The molecule has 0 saturated heterocycles. The van der Waals surface area contributed by atoms with E-state index in [4.69, 9.17) is 29.8 Å². The summed E-state index contributed by atoms with van der Waals surface area (Å²) in [6.45, 7) is 5.96. The number of ether oxygens (including phenoxy) is 4. The second kappa shape index (κ2) is 8.95. The molecule has 2 aliphatic rings. The number of hydrogen-bond acceptors (Lipinski definition) is 7. The number of amides is 1. The van der Waals surface area contributed by atoms with Gasteiger partial charge in [0.15, 0.2) is 0 Å². The Morgan fingerprint density at radius 2 is 1.97 bits per heavy atom. The molecule has 1 aliphatic carbocycles. The van der Waals surface area contributed by atoms with Gasteiger partial charge in [-0.1, -0.05) is 0 Å². The number of benzene rings is 1. The lowest BCUT2D eigenvalue weighted by Gasteiger charge is -2.33. The van der Waals surface area contributed by atoms with Crippen molar-refractivity contribution in [1.82, 2.24) is 5.32 Å². The second-order valence-corrected chi connectivity index (χ2v) is 8.79. The molecular formula is C22H30N3O6+. The lowest BCUT2D eigenvalue weighted by molar-refractivity contribution is -0.143. The first-order valence-electron chi connectivity index (χ1n) is 10.3. The number of carbonyl (C=O) groups excluding carboxylic acids is 2. The first-order valence-corrected chi connectivity index (χ1v) is 10.3. The van der Waals surface area contributed by atoms with Crippen LogP contribution in [-0.2, 0) is 20.6 Å². The number of nitrogens with one attached hydrogen (secondary N) is 2. The average Bonchev–Trinajstić information content (AvgIpc) is 2.67. The minimum Gasteiger partial charge on any atom is -0.493 e. The highest BCUT2D eigenvalue weighted by Gasteiger charge is 2.39. The van der Waals surface area contributed by atoms with Gasteiger partial charge >= 0.3 is 18.0 Å².